The third kappa shape index (κ3) is 5.08. The van der Waals surface area contributed by atoms with Gasteiger partial charge in [-0.25, -0.2) is 9.97 Å². The maximum Gasteiger partial charge on any atom is 0.138 e. The molecule has 1 aromatic carbocycles. The van der Waals surface area contributed by atoms with Crippen LogP contribution in [0.4, 0.5) is 5.82 Å². The fourth-order valence-corrected chi connectivity index (χ4v) is 2.78. The van der Waals surface area contributed by atoms with Crippen LogP contribution < -0.4 is 16.2 Å². The Morgan fingerprint density at radius 1 is 1.26 bits per heavy atom. The molecule has 0 radical (unpaired) electrons. The molecule has 4 N–H and O–H groups in total. The normalized spacial score (nSPS) is 13.8. The summed E-state index contributed by atoms with van der Waals surface area (Å²) in [4.78, 5) is 8.07. The lowest BCUT2D eigenvalue weighted by Gasteiger charge is -2.26. The van der Waals surface area contributed by atoms with E-state index in [9.17, 15) is 0 Å². The van der Waals surface area contributed by atoms with Gasteiger partial charge in [0.15, 0.2) is 0 Å². The monoisotopic (exact) mass is 334 g/mol. The Bertz CT molecular complexity index is 673. The minimum atomic E-state index is -0.392. The van der Waals surface area contributed by atoms with Gasteiger partial charge in [0.1, 0.15) is 24.5 Å². The summed E-state index contributed by atoms with van der Waals surface area (Å²) in [5.41, 5.74) is 13.1. The highest BCUT2D eigenvalue weighted by atomic mass is 35.5. The van der Waals surface area contributed by atoms with Crippen LogP contribution in [0, 0.1) is 5.92 Å². The Morgan fingerprint density at radius 3 is 2.61 bits per heavy atom. The minimum Gasteiger partial charge on any atom is -0.490 e. The van der Waals surface area contributed by atoms with Crippen LogP contribution >= 0.6 is 11.6 Å². The maximum atomic E-state index is 6.31. The summed E-state index contributed by atoms with van der Waals surface area (Å²) in [6.45, 7) is 6.67. The van der Waals surface area contributed by atoms with E-state index in [0.29, 0.717) is 29.1 Å². The van der Waals surface area contributed by atoms with Crippen LogP contribution in [0.3, 0.4) is 0 Å². The van der Waals surface area contributed by atoms with Crippen LogP contribution in [0.2, 0.25) is 5.02 Å². The molecule has 0 bridgehead atoms. The van der Waals surface area contributed by atoms with E-state index in [1.165, 1.54) is 6.33 Å². The number of ether oxygens (including phenoxy) is 1. The maximum absolute atomic E-state index is 6.31. The van der Waals surface area contributed by atoms with Gasteiger partial charge in [-0.1, -0.05) is 25.4 Å². The van der Waals surface area contributed by atoms with E-state index in [1.807, 2.05) is 19.1 Å². The Morgan fingerprint density at radius 2 is 2.00 bits per heavy atom. The van der Waals surface area contributed by atoms with Gasteiger partial charge in [-0.15, -0.1) is 0 Å². The van der Waals surface area contributed by atoms with Crippen molar-refractivity contribution in [3.05, 3.63) is 35.6 Å². The Hall–Kier alpha value is -1.85. The van der Waals surface area contributed by atoms with Crippen LogP contribution in [0.25, 0.3) is 11.3 Å². The Kier molecular flexibility index (Phi) is 5.44. The second kappa shape index (κ2) is 7.15. The third-order valence-corrected chi connectivity index (χ3v) is 3.64. The van der Waals surface area contributed by atoms with Gasteiger partial charge in [0.25, 0.3) is 0 Å². The number of anilines is 1. The third-order valence-electron chi connectivity index (χ3n) is 3.35. The zero-order valence-electron chi connectivity index (χ0n) is 13.7. The second-order valence-corrected chi connectivity index (χ2v) is 6.92. The molecule has 0 unspecified atom stereocenters. The van der Waals surface area contributed by atoms with Crippen LogP contribution in [0.5, 0.6) is 5.75 Å². The molecule has 1 atom stereocenters. The highest BCUT2D eigenvalue weighted by Crippen LogP contribution is 2.30. The fraction of sp³-hybridized carbons (Fsp3) is 0.412. The van der Waals surface area contributed by atoms with Crippen molar-refractivity contribution in [2.45, 2.75) is 32.7 Å². The summed E-state index contributed by atoms with van der Waals surface area (Å²) in [6, 6.07) is 7.21. The lowest BCUT2D eigenvalue weighted by Crippen LogP contribution is -2.43. The van der Waals surface area contributed by atoms with Gasteiger partial charge in [0.2, 0.25) is 0 Å². The van der Waals surface area contributed by atoms with E-state index in [0.717, 1.165) is 17.7 Å². The number of aromatic nitrogens is 2. The average Bonchev–Trinajstić information content (AvgIpc) is 2.44. The number of hydrogen-bond donors (Lipinski definition) is 2. The first-order valence-electron chi connectivity index (χ1n) is 7.56. The molecule has 124 valence electrons. The van der Waals surface area contributed by atoms with Crippen molar-refractivity contribution in [2.24, 2.45) is 11.7 Å². The second-order valence-electron chi connectivity index (χ2n) is 6.51. The van der Waals surface area contributed by atoms with E-state index in [-0.39, 0.29) is 0 Å². The van der Waals surface area contributed by atoms with Crippen molar-refractivity contribution in [3.63, 3.8) is 0 Å². The number of hydrogen-bond acceptors (Lipinski definition) is 5. The molecule has 1 heterocycles. The smallest absolute Gasteiger partial charge is 0.138 e. The van der Waals surface area contributed by atoms with Gasteiger partial charge < -0.3 is 16.2 Å². The van der Waals surface area contributed by atoms with Crippen molar-refractivity contribution in [1.29, 1.82) is 0 Å². The van der Waals surface area contributed by atoms with Crippen molar-refractivity contribution >= 4 is 17.4 Å². The van der Waals surface area contributed by atoms with E-state index in [1.54, 1.807) is 12.1 Å². The van der Waals surface area contributed by atoms with Crippen LogP contribution in [0.1, 0.15) is 27.2 Å². The molecule has 5 nitrogen and oxygen atoms in total. The van der Waals surface area contributed by atoms with Crippen LogP contribution in [0.15, 0.2) is 30.6 Å². The molecule has 2 aromatic rings. The highest BCUT2D eigenvalue weighted by Gasteiger charge is 2.21. The molecule has 0 aliphatic carbocycles. The Balaban J connectivity index is 2.11. The molecule has 0 amide bonds. The molecule has 6 heteroatoms. The summed E-state index contributed by atoms with van der Waals surface area (Å²) < 4.78 is 5.80. The number of rotatable bonds is 6. The number of benzene rings is 1. The molecule has 2 rings (SSSR count). The number of nitrogens with zero attached hydrogens (tertiary/aromatic N) is 2. The summed E-state index contributed by atoms with van der Waals surface area (Å²) in [5.74, 6) is 1.53. The van der Waals surface area contributed by atoms with Gasteiger partial charge in [-0.2, -0.15) is 0 Å². The van der Waals surface area contributed by atoms with E-state index in [4.69, 9.17) is 27.8 Å². The molecule has 1 aromatic heterocycles. The molecular formula is C17H23ClN4O. The standard InChI is InChI=1S/C17H23ClN4O/c1-11(2)8-17(3,20)9-23-15-5-4-12(6-13(15)18)14-7-16(19)22-10-21-14/h4-7,10-11H,8-9,20H2,1-3H3,(H2,19,21,22)/t17-/m0/s1. The number of nitrogen functional groups attached to an aromatic ring is 1. The summed E-state index contributed by atoms with van der Waals surface area (Å²) in [6.07, 6.45) is 2.30. The zero-order chi connectivity index (χ0) is 17.0. The zero-order valence-corrected chi connectivity index (χ0v) is 14.5. The predicted molar refractivity (Wildman–Crippen MR) is 94.4 cm³/mol. The van der Waals surface area contributed by atoms with Crippen molar-refractivity contribution in [2.75, 3.05) is 12.3 Å². The summed E-state index contributed by atoms with van der Waals surface area (Å²) in [7, 11) is 0. The molecule has 0 aliphatic heterocycles. The average molecular weight is 335 g/mol. The van der Waals surface area contributed by atoms with E-state index in [2.05, 4.69) is 23.8 Å². The first-order valence-corrected chi connectivity index (χ1v) is 7.94. The largest absolute Gasteiger partial charge is 0.490 e. The van der Waals surface area contributed by atoms with Gasteiger partial charge >= 0.3 is 0 Å². The number of nitrogens with two attached hydrogens (primary N) is 2. The molecule has 0 spiro atoms. The molecule has 0 fully saturated rings. The Labute approximate surface area is 142 Å². The van der Waals surface area contributed by atoms with E-state index < -0.39 is 5.54 Å². The van der Waals surface area contributed by atoms with Crippen LogP contribution in [-0.2, 0) is 0 Å². The van der Waals surface area contributed by atoms with Crippen molar-refractivity contribution in [3.8, 4) is 17.0 Å². The first kappa shape index (κ1) is 17.5. The predicted octanol–water partition coefficient (Wildman–Crippen LogP) is 3.52. The first-order chi connectivity index (χ1) is 10.8. The molecule has 0 aliphatic rings. The fourth-order valence-electron chi connectivity index (χ4n) is 2.54. The molecular weight excluding hydrogens is 312 g/mol. The SMILES string of the molecule is CC(C)C[C@](C)(N)COc1ccc(-c2cc(N)ncn2)cc1Cl. The molecule has 0 saturated carbocycles. The van der Waals surface area contributed by atoms with Gasteiger partial charge in [0.05, 0.1) is 10.7 Å². The summed E-state index contributed by atoms with van der Waals surface area (Å²) >= 11 is 6.31. The topological polar surface area (TPSA) is 87.0 Å². The lowest BCUT2D eigenvalue weighted by molar-refractivity contribution is 0.207. The van der Waals surface area contributed by atoms with Crippen LogP contribution in [-0.4, -0.2) is 22.1 Å². The quantitative estimate of drug-likeness (QED) is 0.843. The number of halogens is 1. The lowest BCUT2D eigenvalue weighted by atomic mass is 9.93. The van der Waals surface area contributed by atoms with Gasteiger partial charge in [-0.3, -0.25) is 0 Å². The van der Waals surface area contributed by atoms with E-state index >= 15 is 0 Å². The molecule has 23 heavy (non-hydrogen) atoms. The van der Waals surface area contributed by atoms with Gasteiger partial charge in [0, 0.05) is 17.2 Å². The minimum absolute atomic E-state index is 0.392. The van der Waals surface area contributed by atoms with Gasteiger partial charge in [-0.05, 0) is 37.5 Å². The highest BCUT2D eigenvalue weighted by molar-refractivity contribution is 6.32. The summed E-state index contributed by atoms with van der Waals surface area (Å²) in [5, 5.41) is 0.514. The van der Waals surface area contributed by atoms with Crippen molar-refractivity contribution in [1.82, 2.24) is 9.97 Å². The molecule has 0 saturated heterocycles. The van der Waals surface area contributed by atoms with Crippen molar-refractivity contribution < 1.29 is 4.74 Å².